The quantitative estimate of drug-likeness (QED) is 0.594. The summed E-state index contributed by atoms with van der Waals surface area (Å²) in [4.78, 5) is 18.4. The average Bonchev–Trinajstić information content (AvgIpc) is 2.92. The first-order valence-electron chi connectivity index (χ1n) is 9.05. The lowest BCUT2D eigenvalue weighted by atomic mass is 9.81. The Morgan fingerprint density at radius 2 is 1.96 bits per heavy atom. The molecule has 0 saturated carbocycles. The number of nitrogens with zero attached hydrogens (tertiary/aromatic N) is 1. The summed E-state index contributed by atoms with van der Waals surface area (Å²) in [6, 6.07) is 6.10. The first kappa shape index (κ1) is 19.7. The SMILES string of the molecule is CCOC(=O)c1c(N=Cc2ccc(F)cc2)sc2c1CC(C)(C)NC2(C)C. The third-order valence-corrected chi connectivity index (χ3v) is 5.97. The van der Waals surface area contributed by atoms with Crippen LogP contribution < -0.4 is 5.32 Å². The summed E-state index contributed by atoms with van der Waals surface area (Å²) in [5, 5.41) is 4.28. The highest BCUT2D eigenvalue weighted by molar-refractivity contribution is 7.16. The van der Waals surface area contributed by atoms with Gasteiger partial charge < -0.3 is 10.1 Å². The van der Waals surface area contributed by atoms with Crippen molar-refractivity contribution < 1.29 is 13.9 Å². The van der Waals surface area contributed by atoms with Gasteiger partial charge >= 0.3 is 5.97 Å². The van der Waals surface area contributed by atoms with E-state index in [2.05, 4.69) is 38.0 Å². The van der Waals surface area contributed by atoms with E-state index in [1.165, 1.54) is 23.5 Å². The van der Waals surface area contributed by atoms with Crippen molar-refractivity contribution >= 4 is 28.5 Å². The zero-order valence-corrected chi connectivity index (χ0v) is 17.2. The normalized spacial score (nSPS) is 17.7. The Morgan fingerprint density at radius 3 is 2.59 bits per heavy atom. The van der Waals surface area contributed by atoms with Crippen LogP contribution in [0.2, 0.25) is 0 Å². The summed E-state index contributed by atoms with van der Waals surface area (Å²) in [6.45, 7) is 10.6. The van der Waals surface area contributed by atoms with E-state index in [9.17, 15) is 9.18 Å². The Bertz CT molecular complexity index is 882. The summed E-state index contributed by atoms with van der Waals surface area (Å²) in [7, 11) is 0. The molecule has 1 aromatic carbocycles. The van der Waals surface area contributed by atoms with Gasteiger partial charge in [0.15, 0.2) is 0 Å². The number of carbonyl (C=O) groups excluding carboxylic acids is 1. The minimum Gasteiger partial charge on any atom is -0.462 e. The lowest BCUT2D eigenvalue weighted by Crippen LogP contribution is -2.55. The molecule has 2 aromatic rings. The molecule has 0 spiro atoms. The molecule has 0 fully saturated rings. The molecular weight excluding hydrogens is 363 g/mol. The summed E-state index contributed by atoms with van der Waals surface area (Å²) in [5.41, 5.74) is 1.93. The van der Waals surface area contributed by atoms with Crippen LogP contribution in [0.3, 0.4) is 0 Å². The average molecular weight is 389 g/mol. The highest BCUT2D eigenvalue weighted by Gasteiger charge is 2.41. The second kappa shape index (κ2) is 7.17. The first-order valence-corrected chi connectivity index (χ1v) is 9.87. The fraction of sp³-hybridized carbons (Fsp3) is 0.429. The number of rotatable bonds is 4. The Morgan fingerprint density at radius 1 is 1.30 bits per heavy atom. The maximum atomic E-state index is 13.1. The lowest BCUT2D eigenvalue weighted by Gasteiger charge is -2.42. The Balaban J connectivity index is 2.09. The van der Waals surface area contributed by atoms with Crippen LogP contribution in [0.25, 0.3) is 0 Å². The molecule has 0 radical (unpaired) electrons. The molecule has 4 nitrogen and oxygen atoms in total. The molecule has 1 aliphatic rings. The Labute approximate surface area is 163 Å². The van der Waals surface area contributed by atoms with E-state index in [-0.39, 0.29) is 22.9 Å². The number of carbonyl (C=O) groups is 1. The van der Waals surface area contributed by atoms with Crippen LogP contribution in [0.5, 0.6) is 0 Å². The van der Waals surface area contributed by atoms with Crippen LogP contribution >= 0.6 is 11.3 Å². The van der Waals surface area contributed by atoms with E-state index < -0.39 is 0 Å². The smallest absolute Gasteiger partial charge is 0.341 e. The highest BCUT2D eigenvalue weighted by atomic mass is 32.1. The van der Waals surface area contributed by atoms with Crippen molar-refractivity contribution in [2.45, 2.75) is 52.1 Å². The van der Waals surface area contributed by atoms with Crippen LogP contribution in [-0.4, -0.2) is 24.3 Å². The number of esters is 1. The number of benzene rings is 1. The number of ether oxygens (including phenoxy) is 1. The third-order valence-electron chi connectivity index (χ3n) is 4.51. The van der Waals surface area contributed by atoms with Crippen LogP contribution in [0.1, 0.15) is 61.0 Å². The molecule has 0 unspecified atom stereocenters. The lowest BCUT2D eigenvalue weighted by molar-refractivity contribution is 0.0525. The third kappa shape index (κ3) is 4.12. The molecule has 0 amide bonds. The summed E-state index contributed by atoms with van der Waals surface area (Å²) in [6.07, 6.45) is 2.38. The van der Waals surface area contributed by atoms with Crippen molar-refractivity contribution in [2.75, 3.05) is 6.61 Å². The molecule has 1 aromatic heterocycles. The maximum absolute atomic E-state index is 13.1. The van der Waals surface area contributed by atoms with E-state index in [1.54, 1.807) is 25.3 Å². The van der Waals surface area contributed by atoms with E-state index in [0.717, 1.165) is 22.4 Å². The number of aliphatic imine (C=N–C) groups is 1. The standard InChI is InChI=1S/C21H25FN2O2S/c1-6-26-19(25)16-15-11-20(2,3)24-21(4,5)17(15)27-18(16)23-12-13-7-9-14(22)10-8-13/h7-10,12,24H,6,11H2,1-5H3. The topological polar surface area (TPSA) is 50.7 Å². The van der Waals surface area contributed by atoms with E-state index >= 15 is 0 Å². The molecule has 0 saturated heterocycles. The summed E-state index contributed by atoms with van der Waals surface area (Å²) < 4.78 is 18.4. The largest absolute Gasteiger partial charge is 0.462 e. The van der Waals surface area contributed by atoms with Crippen molar-refractivity contribution in [3.63, 3.8) is 0 Å². The first-order chi connectivity index (χ1) is 12.6. The predicted molar refractivity (Wildman–Crippen MR) is 108 cm³/mol. The molecule has 1 aliphatic heterocycles. The van der Waals surface area contributed by atoms with Gasteiger partial charge in [-0.1, -0.05) is 12.1 Å². The molecule has 0 aliphatic carbocycles. The molecule has 0 bridgehead atoms. The minimum absolute atomic E-state index is 0.142. The Kier molecular flexibility index (Phi) is 5.23. The van der Waals surface area contributed by atoms with E-state index in [1.807, 2.05) is 0 Å². The van der Waals surface area contributed by atoms with Gasteiger partial charge in [-0.15, -0.1) is 11.3 Å². The second-order valence-electron chi connectivity index (χ2n) is 7.93. The minimum atomic E-state index is -0.338. The molecule has 0 atom stereocenters. The fourth-order valence-electron chi connectivity index (χ4n) is 3.70. The summed E-state index contributed by atoms with van der Waals surface area (Å²) >= 11 is 1.51. The number of nitrogens with one attached hydrogen (secondary N) is 1. The van der Waals surface area contributed by atoms with Crippen molar-refractivity contribution in [3.05, 3.63) is 51.7 Å². The van der Waals surface area contributed by atoms with Crippen molar-refractivity contribution in [2.24, 2.45) is 4.99 Å². The molecule has 27 heavy (non-hydrogen) atoms. The zero-order chi connectivity index (χ0) is 19.8. The van der Waals surface area contributed by atoms with E-state index in [4.69, 9.17) is 4.74 Å². The predicted octanol–water partition coefficient (Wildman–Crippen LogP) is 4.97. The van der Waals surface area contributed by atoms with Crippen molar-refractivity contribution in [3.8, 4) is 0 Å². The van der Waals surface area contributed by atoms with Gasteiger partial charge in [-0.2, -0.15) is 0 Å². The zero-order valence-electron chi connectivity index (χ0n) is 16.4. The molecule has 144 valence electrons. The molecule has 3 rings (SSSR count). The van der Waals surface area contributed by atoms with Gasteiger partial charge in [0, 0.05) is 22.2 Å². The van der Waals surface area contributed by atoms with Crippen molar-refractivity contribution in [1.29, 1.82) is 0 Å². The molecular formula is C21H25FN2O2S. The number of hydrogen-bond donors (Lipinski definition) is 1. The van der Waals surface area contributed by atoms with Gasteiger partial charge in [-0.05, 0) is 64.3 Å². The van der Waals surface area contributed by atoms with Crippen LogP contribution in [-0.2, 0) is 16.7 Å². The van der Waals surface area contributed by atoms with Gasteiger partial charge in [0.2, 0.25) is 0 Å². The highest BCUT2D eigenvalue weighted by Crippen LogP contribution is 2.46. The van der Waals surface area contributed by atoms with Gasteiger partial charge in [-0.25, -0.2) is 14.2 Å². The Hall–Kier alpha value is -2.05. The molecule has 1 N–H and O–H groups in total. The van der Waals surface area contributed by atoms with Gasteiger partial charge in [-0.3, -0.25) is 0 Å². The maximum Gasteiger partial charge on any atom is 0.341 e. The van der Waals surface area contributed by atoms with Gasteiger partial charge in [0.25, 0.3) is 0 Å². The second-order valence-corrected chi connectivity index (χ2v) is 8.93. The van der Waals surface area contributed by atoms with Gasteiger partial charge in [0.1, 0.15) is 10.8 Å². The fourth-order valence-corrected chi connectivity index (χ4v) is 4.91. The number of thiophene rings is 1. The number of fused-ring (bicyclic) bond motifs is 1. The van der Waals surface area contributed by atoms with Crippen LogP contribution in [0.4, 0.5) is 9.39 Å². The summed E-state index contributed by atoms with van der Waals surface area (Å²) in [5.74, 6) is -0.629. The molecule has 2 heterocycles. The molecule has 6 heteroatoms. The van der Waals surface area contributed by atoms with Crippen LogP contribution in [0, 0.1) is 5.82 Å². The monoisotopic (exact) mass is 388 g/mol. The van der Waals surface area contributed by atoms with E-state index in [0.29, 0.717) is 17.2 Å². The van der Waals surface area contributed by atoms with Crippen molar-refractivity contribution in [1.82, 2.24) is 5.32 Å². The van der Waals surface area contributed by atoms with Crippen LogP contribution in [0.15, 0.2) is 29.3 Å². The number of halogens is 1. The van der Waals surface area contributed by atoms with Gasteiger partial charge in [0.05, 0.1) is 12.2 Å². The number of hydrogen-bond acceptors (Lipinski definition) is 5.